The van der Waals surface area contributed by atoms with Gasteiger partial charge in [0.15, 0.2) is 11.3 Å². The molecule has 1 fully saturated rings. The van der Waals surface area contributed by atoms with E-state index in [0.717, 1.165) is 22.0 Å². The van der Waals surface area contributed by atoms with Crippen LogP contribution in [0.15, 0.2) is 29.7 Å². The molecule has 4 aromatic rings. The second-order valence-electron chi connectivity index (χ2n) is 9.23. The highest BCUT2D eigenvalue weighted by atomic mass is 16.5. The molecule has 0 bridgehead atoms. The predicted octanol–water partition coefficient (Wildman–Crippen LogP) is 2.10. The number of aryl methyl sites for hydroxylation is 2. The van der Waals surface area contributed by atoms with Crippen LogP contribution in [-0.2, 0) is 4.79 Å². The molecule has 1 atom stereocenters. The second-order valence-corrected chi connectivity index (χ2v) is 9.23. The van der Waals surface area contributed by atoms with Gasteiger partial charge >= 0.3 is 6.01 Å². The summed E-state index contributed by atoms with van der Waals surface area (Å²) in [5.74, 6) is 0.649. The van der Waals surface area contributed by atoms with E-state index in [4.69, 9.17) is 9.72 Å². The number of aromatic amines is 1. The summed E-state index contributed by atoms with van der Waals surface area (Å²) in [5.41, 5.74) is 3.50. The minimum absolute atomic E-state index is 0.0256. The number of nitrogens with zero attached hydrogens (tertiary/aromatic N) is 8. The number of carbonyl (C=O) groups excluding carboxylic acids is 1. The van der Waals surface area contributed by atoms with Gasteiger partial charge < -0.3 is 14.5 Å². The first-order chi connectivity index (χ1) is 18.3. The fourth-order valence-corrected chi connectivity index (χ4v) is 5.05. The number of methoxy groups -OCH3 is 1. The molecule has 1 aromatic carbocycles. The van der Waals surface area contributed by atoms with Crippen molar-refractivity contribution in [3.63, 3.8) is 0 Å². The van der Waals surface area contributed by atoms with E-state index in [1.54, 1.807) is 22.6 Å². The number of rotatable bonds is 5. The number of amides is 1. The summed E-state index contributed by atoms with van der Waals surface area (Å²) in [5, 5.41) is 17.3. The number of anilines is 1. The fourth-order valence-electron chi connectivity index (χ4n) is 5.05. The van der Waals surface area contributed by atoms with Gasteiger partial charge in [-0.15, -0.1) is 0 Å². The van der Waals surface area contributed by atoms with Crippen molar-refractivity contribution < 1.29 is 9.53 Å². The number of nitriles is 1. The van der Waals surface area contributed by atoms with Gasteiger partial charge in [-0.3, -0.25) is 19.3 Å². The van der Waals surface area contributed by atoms with Gasteiger partial charge in [-0.1, -0.05) is 6.58 Å². The van der Waals surface area contributed by atoms with Crippen molar-refractivity contribution >= 4 is 33.7 Å². The van der Waals surface area contributed by atoms with Crippen molar-refractivity contribution in [2.24, 2.45) is 0 Å². The number of aromatic nitrogens is 6. The molecule has 1 aliphatic rings. The molecule has 3 aromatic heterocycles. The fraction of sp³-hybridized carbons (Fsp3) is 0.346. The van der Waals surface area contributed by atoms with Crippen LogP contribution in [0.25, 0.3) is 27.6 Å². The summed E-state index contributed by atoms with van der Waals surface area (Å²) in [4.78, 5) is 43.7. The van der Waals surface area contributed by atoms with Crippen LogP contribution in [0.4, 0.5) is 5.82 Å². The van der Waals surface area contributed by atoms with Gasteiger partial charge in [0.1, 0.15) is 11.3 Å². The molecule has 0 aliphatic carbocycles. The molecular weight excluding hydrogens is 486 g/mol. The van der Waals surface area contributed by atoms with E-state index in [1.165, 1.54) is 13.2 Å². The molecule has 194 valence electrons. The third-order valence-electron chi connectivity index (χ3n) is 7.05. The number of nitrogens with one attached hydrogen (secondary N) is 1. The number of hydrogen-bond donors (Lipinski definition) is 1. The molecule has 12 heteroatoms. The van der Waals surface area contributed by atoms with Crippen LogP contribution in [0.3, 0.4) is 0 Å². The minimum atomic E-state index is -0.374. The zero-order valence-corrected chi connectivity index (χ0v) is 21.6. The molecule has 1 aliphatic heterocycles. The Balaban J connectivity index is 1.71. The third-order valence-corrected chi connectivity index (χ3v) is 7.05. The summed E-state index contributed by atoms with van der Waals surface area (Å²) >= 11 is 0. The van der Waals surface area contributed by atoms with Crippen molar-refractivity contribution in [3.8, 4) is 17.8 Å². The van der Waals surface area contributed by atoms with Crippen molar-refractivity contribution in [2.45, 2.75) is 33.2 Å². The Morgan fingerprint density at radius 3 is 2.76 bits per heavy atom. The predicted molar refractivity (Wildman–Crippen MR) is 141 cm³/mol. The molecule has 1 N–H and O–H groups in total. The molecule has 38 heavy (non-hydrogen) atoms. The standard InChI is InChI=1S/C26H27N9O3/c1-6-20(36)34-10-9-33(13-17(34)7-8-27)24-21-22(30-26(31-24)38-5)25(37)35(16(4)29-21)23-15(3)14(2)11-19-18(23)12-28-32-19/h6,11-12,17H,1,7,9-10,13H2,2-5H3,(H,28,32)/t17-/m0/s1. The Bertz CT molecular complexity index is 1700. The van der Waals surface area contributed by atoms with E-state index < -0.39 is 0 Å². The lowest BCUT2D eigenvalue weighted by atomic mass is 10.0. The van der Waals surface area contributed by atoms with Gasteiger partial charge in [-0.25, -0.2) is 4.98 Å². The topological polar surface area (TPSA) is 146 Å². The van der Waals surface area contributed by atoms with Gasteiger partial charge in [-0.2, -0.15) is 20.3 Å². The Labute approximate surface area is 218 Å². The Morgan fingerprint density at radius 1 is 1.26 bits per heavy atom. The lowest BCUT2D eigenvalue weighted by Gasteiger charge is -2.40. The first kappa shape index (κ1) is 24.9. The maximum Gasteiger partial charge on any atom is 0.318 e. The van der Waals surface area contributed by atoms with Gasteiger partial charge in [0.2, 0.25) is 5.91 Å². The summed E-state index contributed by atoms with van der Waals surface area (Å²) in [7, 11) is 1.43. The Morgan fingerprint density at radius 2 is 2.05 bits per heavy atom. The van der Waals surface area contributed by atoms with Crippen LogP contribution in [0.2, 0.25) is 0 Å². The number of H-pyrrole nitrogens is 1. The van der Waals surface area contributed by atoms with Gasteiger partial charge in [0, 0.05) is 25.0 Å². The van der Waals surface area contributed by atoms with Gasteiger partial charge in [-0.05, 0) is 44.0 Å². The quantitative estimate of drug-likeness (QED) is 0.396. The van der Waals surface area contributed by atoms with Crippen LogP contribution < -0.4 is 15.2 Å². The van der Waals surface area contributed by atoms with Crippen LogP contribution in [-0.4, -0.2) is 73.3 Å². The molecule has 0 saturated carbocycles. The van der Waals surface area contributed by atoms with E-state index in [0.29, 0.717) is 42.5 Å². The highest BCUT2D eigenvalue weighted by molar-refractivity contribution is 5.91. The van der Waals surface area contributed by atoms with Gasteiger partial charge in [0.25, 0.3) is 5.56 Å². The van der Waals surface area contributed by atoms with E-state index in [2.05, 4.69) is 32.8 Å². The van der Waals surface area contributed by atoms with Crippen LogP contribution in [0.5, 0.6) is 6.01 Å². The normalized spacial score (nSPS) is 15.6. The van der Waals surface area contributed by atoms with Gasteiger partial charge in [0.05, 0.1) is 43.0 Å². The van der Waals surface area contributed by atoms with E-state index >= 15 is 0 Å². The average molecular weight is 514 g/mol. The lowest BCUT2D eigenvalue weighted by molar-refractivity contribution is -0.128. The van der Waals surface area contributed by atoms with Crippen molar-refractivity contribution in [2.75, 3.05) is 31.6 Å². The first-order valence-electron chi connectivity index (χ1n) is 12.1. The summed E-state index contributed by atoms with van der Waals surface area (Å²) < 4.78 is 6.92. The van der Waals surface area contributed by atoms with Crippen molar-refractivity contribution in [1.29, 1.82) is 5.26 Å². The zero-order valence-electron chi connectivity index (χ0n) is 21.6. The second kappa shape index (κ2) is 9.59. The monoisotopic (exact) mass is 513 g/mol. The number of carbonyl (C=O) groups is 1. The van der Waals surface area contributed by atoms with Crippen LogP contribution in [0, 0.1) is 32.1 Å². The number of benzene rings is 1. The SMILES string of the molecule is C=CC(=O)N1CCN(c2nc(OC)nc3c(=O)n(-c4c(C)c(C)cc5[nH]ncc45)c(C)nc23)C[C@@H]1CC#N. The summed E-state index contributed by atoms with van der Waals surface area (Å²) in [6, 6.07) is 3.80. The smallest absolute Gasteiger partial charge is 0.318 e. The molecular formula is C26H27N9O3. The molecule has 0 unspecified atom stereocenters. The summed E-state index contributed by atoms with van der Waals surface area (Å²) in [6.45, 7) is 10.4. The lowest BCUT2D eigenvalue weighted by Crippen LogP contribution is -2.55. The Hall–Kier alpha value is -4.79. The molecule has 4 heterocycles. The molecule has 1 amide bonds. The molecule has 5 rings (SSSR count). The van der Waals surface area contributed by atoms with Crippen LogP contribution >= 0.6 is 0 Å². The van der Waals surface area contributed by atoms with Crippen molar-refractivity contribution in [1.82, 2.24) is 34.6 Å². The maximum absolute atomic E-state index is 14.0. The van der Waals surface area contributed by atoms with Crippen molar-refractivity contribution in [3.05, 3.63) is 52.2 Å². The number of ether oxygens (including phenoxy) is 1. The third kappa shape index (κ3) is 3.92. The molecule has 0 spiro atoms. The molecule has 0 radical (unpaired) electrons. The Kier molecular flexibility index (Phi) is 6.28. The van der Waals surface area contributed by atoms with E-state index in [9.17, 15) is 14.9 Å². The number of fused-ring (bicyclic) bond motifs is 2. The minimum Gasteiger partial charge on any atom is -0.467 e. The molecule has 12 nitrogen and oxygen atoms in total. The highest BCUT2D eigenvalue weighted by Gasteiger charge is 2.32. The van der Waals surface area contributed by atoms with E-state index in [-0.39, 0.29) is 35.5 Å². The molecule has 1 saturated heterocycles. The highest BCUT2D eigenvalue weighted by Crippen LogP contribution is 2.30. The van der Waals surface area contributed by atoms with E-state index in [1.807, 2.05) is 24.8 Å². The van der Waals surface area contributed by atoms with Crippen LogP contribution in [0.1, 0.15) is 23.4 Å². The average Bonchev–Trinajstić information content (AvgIpc) is 3.37. The zero-order chi connectivity index (χ0) is 27.1. The number of hydrogen-bond acceptors (Lipinski definition) is 9. The maximum atomic E-state index is 14.0. The number of piperazine rings is 1. The summed E-state index contributed by atoms with van der Waals surface area (Å²) in [6.07, 6.45) is 3.09. The largest absolute Gasteiger partial charge is 0.467 e. The first-order valence-corrected chi connectivity index (χ1v) is 12.1.